The van der Waals surface area contributed by atoms with Gasteiger partial charge in [0.05, 0.1) is 26.4 Å². The highest BCUT2D eigenvalue weighted by atomic mass is 31.2. The summed E-state index contributed by atoms with van der Waals surface area (Å²) in [5, 5.41) is 20.5. The number of ether oxygens (including phenoxy) is 3. The summed E-state index contributed by atoms with van der Waals surface area (Å²) in [6, 6.07) is 0. The lowest BCUT2D eigenvalue weighted by atomic mass is 10.0. The number of carbonyl (C=O) groups excluding carboxylic acids is 3. The molecule has 0 fully saturated rings. The number of phosphoric ester groups is 2. The van der Waals surface area contributed by atoms with Gasteiger partial charge in [0, 0.05) is 19.3 Å². The zero-order valence-electron chi connectivity index (χ0n) is 57.3. The van der Waals surface area contributed by atoms with E-state index in [9.17, 15) is 43.5 Å². The third-order valence-electron chi connectivity index (χ3n) is 15.1. The monoisotopic (exact) mass is 1320 g/mol. The van der Waals surface area contributed by atoms with E-state index in [4.69, 9.17) is 32.3 Å². The van der Waals surface area contributed by atoms with Crippen LogP contribution < -0.4 is 0 Å². The average Bonchev–Trinajstić information content (AvgIpc) is 3.65. The van der Waals surface area contributed by atoms with Crippen molar-refractivity contribution in [3.8, 4) is 0 Å². The summed E-state index contributed by atoms with van der Waals surface area (Å²) in [6.07, 6.45) is 72.5. The highest BCUT2D eigenvalue weighted by Gasteiger charge is 2.29. The van der Waals surface area contributed by atoms with Gasteiger partial charge in [-0.15, -0.1) is 0 Å². The summed E-state index contributed by atoms with van der Waals surface area (Å²) in [4.78, 5) is 58.2. The molecule has 0 aliphatic carbocycles. The van der Waals surface area contributed by atoms with E-state index in [0.29, 0.717) is 19.3 Å². The van der Waals surface area contributed by atoms with Crippen LogP contribution in [0.25, 0.3) is 0 Å². The molecular weight excluding hydrogens is 1190 g/mol. The zero-order valence-corrected chi connectivity index (χ0v) is 59.0. The molecule has 16 nitrogen and oxygen atoms in total. The molecule has 0 bridgehead atoms. The zero-order chi connectivity index (χ0) is 66.7. The second-order valence-corrected chi connectivity index (χ2v) is 26.9. The normalized spacial score (nSPS) is 14.7. The maximum absolute atomic E-state index is 12.8. The van der Waals surface area contributed by atoms with Crippen molar-refractivity contribution in [2.75, 3.05) is 39.6 Å². The van der Waals surface area contributed by atoms with Crippen LogP contribution in [-0.4, -0.2) is 95.9 Å². The molecule has 0 aromatic heterocycles. The summed E-state index contributed by atoms with van der Waals surface area (Å²) < 4.78 is 60.7. The number of hydrogen-bond donors (Lipinski definition) is 4. The van der Waals surface area contributed by atoms with Crippen molar-refractivity contribution >= 4 is 33.6 Å². The van der Waals surface area contributed by atoms with Gasteiger partial charge in [-0.1, -0.05) is 279 Å². The van der Waals surface area contributed by atoms with Crippen molar-refractivity contribution in [3.63, 3.8) is 0 Å². The van der Waals surface area contributed by atoms with E-state index in [2.05, 4.69) is 106 Å². The van der Waals surface area contributed by atoms with Crippen LogP contribution in [0.3, 0.4) is 0 Å². The molecule has 0 spiro atoms. The molecule has 5 atom stereocenters. The van der Waals surface area contributed by atoms with Crippen molar-refractivity contribution in [1.29, 1.82) is 0 Å². The van der Waals surface area contributed by atoms with E-state index >= 15 is 0 Å². The van der Waals surface area contributed by atoms with Crippen LogP contribution in [0.4, 0.5) is 0 Å². The summed E-state index contributed by atoms with van der Waals surface area (Å²) >= 11 is 0. The molecule has 91 heavy (non-hydrogen) atoms. The van der Waals surface area contributed by atoms with Gasteiger partial charge in [-0.2, -0.15) is 0 Å². The fourth-order valence-corrected chi connectivity index (χ4v) is 11.2. The van der Waals surface area contributed by atoms with Crippen LogP contribution in [0.5, 0.6) is 0 Å². The highest BCUT2D eigenvalue weighted by molar-refractivity contribution is 7.47. The minimum atomic E-state index is -4.91. The molecule has 528 valence electrons. The fraction of sp³-hybridized carbons (Fsp3) is 0.767. The molecule has 0 saturated carbocycles. The number of rotatable bonds is 68. The van der Waals surface area contributed by atoms with Crippen LogP contribution in [0.2, 0.25) is 0 Å². The first-order valence-corrected chi connectivity index (χ1v) is 38.9. The number of phosphoric acid groups is 2. The Labute approximate surface area is 553 Å². The maximum Gasteiger partial charge on any atom is 0.472 e. The third kappa shape index (κ3) is 67.9. The van der Waals surface area contributed by atoms with E-state index in [1.165, 1.54) is 116 Å². The number of allylic oxidation sites excluding steroid dienone is 14. The molecule has 0 aromatic carbocycles. The first-order valence-electron chi connectivity index (χ1n) is 35.9. The fourth-order valence-electron chi connectivity index (χ4n) is 9.61. The Bertz CT molecular complexity index is 2000. The molecule has 0 saturated heterocycles. The number of carbonyl (C=O) groups is 3. The Hall–Kier alpha value is -3.27. The Kier molecular flexibility index (Phi) is 64.3. The van der Waals surface area contributed by atoms with Crippen LogP contribution in [-0.2, 0) is 55.8 Å². The molecule has 0 heterocycles. The molecule has 0 aromatic rings. The number of aliphatic hydroxyl groups is 2. The van der Waals surface area contributed by atoms with Crippen molar-refractivity contribution in [2.24, 2.45) is 0 Å². The van der Waals surface area contributed by atoms with Crippen molar-refractivity contribution in [3.05, 3.63) is 85.1 Å². The Morgan fingerprint density at radius 2 is 0.593 bits per heavy atom. The van der Waals surface area contributed by atoms with Crippen molar-refractivity contribution < 1.29 is 75.8 Å². The van der Waals surface area contributed by atoms with Crippen molar-refractivity contribution in [2.45, 2.75) is 322 Å². The summed E-state index contributed by atoms with van der Waals surface area (Å²) in [5.74, 6) is -1.58. The molecule has 0 amide bonds. The van der Waals surface area contributed by atoms with Crippen LogP contribution in [0.1, 0.15) is 303 Å². The first kappa shape index (κ1) is 87.7. The lowest BCUT2D eigenvalue weighted by molar-refractivity contribution is -0.161. The summed E-state index contributed by atoms with van der Waals surface area (Å²) in [5.41, 5.74) is 0. The first-order chi connectivity index (χ1) is 44.2. The van der Waals surface area contributed by atoms with E-state index in [0.717, 1.165) is 128 Å². The molecule has 4 N–H and O–H groups in total. The predicted octanol–water partition coefficient (Wildman–Crippen LogP) is 20.1. The van der Waals surface area contributed by atoms with Gasteiger partial charge < -0.3 is 34.2 Å². The van der Waals surface area contributed by atoms with Gasteiger partial charge in [-0.3, -0.25) is 32.5 Å². The number of unbranched alkanes of at least 4 members (excludes halogenated alkanes) is 31. The van der Waals surface area contributed by atoms with E-state index in [1.54, 1.807) is 0 Å². The standard InChI is InChI=1S/C73H130O16P2/c1-4-7-10-13-16-19-22-23-24-25-26-27-28-29-30-31-32-33-34-35-36-37-38-39-40-41-42-43-46-48-50-53-56-59-71(76)83-62-68(74)63-85-90(79,80)86-64-69(75)65-87-91(81,82)88-67-70(89-73(78)61-58-55-52-49-45-21-18-15-12-9-6-3)66-84-72(77)60-57-54-51-47-44-20-17-14-11-8-5-2/h7,10,14,16-17,19,23-24,26-27,29-30,32-33,68-70,74-75H,4-6,8-9,11-13,15,18,20-22,25,28,31,34-67H2,1-3H3,(H,79,80)(H,81,82)/b10-7-,17-14-,19-16-,24-23-,27-26-,30-29-,33-32-. The average molecular weight is 1330 g/mol. The molecule has 0 rings (SSSR count). The Morgan fingerprint density at radius 3 is 0.967 bits per heavy atom. The summed E-state index contributed by atoms with van der Waals surface area (Å²) in [6.45, 7) is 2.51. The SMILES string of the molecule is CC/C=C\C/C=C\C/C=C\C/C=C\C/C=C\C/C=C\CCCCCCCCCCCCCCCCC(=O)OCC(O)COP(=O)(O)OCC(O)COP(=O)(O)OCC(COC(=O)CCCCCCC/C=C\CCCC)OC(=O)CCCCCCCCCCCCC. The smallest absolute Gasteiger partial charge is 0.463 e. The van der Waals surface area contributed by atoms with Crippen molar-refractivity contribution in [1.82, 2.24) is 0 Å². The largest absolute Gasteiger partial charge is 0.472 e. The van der Waals surface area contributed by atoms with Gasteiger partial charge in [0.15, 0.2) is 6.10 Å². The number of aliphatic hydroxyl groups excluding tert-OH is 2. The molecule has 0 aliphatic rings. The minimum absolute atomic E-state index is 0.108. The number of esters is 3. The minimum Gasteiger partial charge on any atom is -0.463 e. The quantitative estimate of drug-likeness (QED) is 0.0146. The van der Waals surface area contributed by atoms with Gasteiger partial charge in [0.25, 0.3) is 0 Å². The Balaban J connectivity index is 4.27. The topological polar surface area (TPSA) is 231 Å². The molecule has 0 aliphatic heterocycles. The lowest BCUT2D eigenvalue weighted by Gasteiger charge is -2.21. The van der Waals surface area contributed by atoms with Gasteiger partial charge in [0.1, 0.15) is 25.4 Å². The molecule has 5 unspecified atom stereocenters. The van der Waals surface area contributed by atoms with Crippen LogP contribution >= 0.6 is 15.6 Å². The highest BCUT2D eigenvalue weighted by Crippen LogP contribution is 2.45. The van der Waals surface area contributed by atoms with Crippen LogP contribution in [0, 0.1) is 0 Å². The maximum atomic E-state index is 12.8. The molecule has 0 radical (unpaired) electrons. The summed E-state index contributed by atoms with van der Waals surface area (Å²) in [7, 11) is -9.76. The van der Waals surface area contributed by atoms with E-state index in [1.807, 2.05) is 0 Å². The second kappa shape index (κ2) is 66.7. The second-order valence-electron chi connectivity index (χ2n) is 24.0. The van der Waals surface area contributed by atoms with Crippen LogP contribution in [0.15, 0.2) is 85.1 Å². The van der Waals surface area contributed by atoms with Gasteiger partial charge >= 0.3 is 33.6 Å². The van der Waals surface area contributed by atoms with Gasteiger partial charge in [-0.05, 0) is 89.9 Å². The molecule has 18 heteroatoms. The molecular formula is C73H130O16P2. The van der Waals surface area contributed by atoms with Gasteiger partial charge in [-0.25, -0.2) is 9.13 Å². The lowest BCUT2D eigenvalue weighted by Crippen LogP contribution is -2.30. The number of hydrogen-bond acceptors (Lipinski definition) is 14. The van der Waals surface area contributed by atoms with E-state index < -0.39 is 91.5 Å². The third-order valence-corrected chi connectivity index (χ3v) is 17.0. The predicted molar refractivity (Wildman–Crippen MR) is 371 cm³/mol. The Morgan fingerprint density at radius 1 is 0.319 bits per heavy atom. The van der Waals surface area contributed by atoms with E-state index in [-0.39, 0.29) is 19.3 Å². The van der Waals surface area contributed by atoms with Gasteiger partial charge in [0.2, 0.25) is 0 Å².